The first-order valence-electron chi connectivity index (χ1n) is 7.14. The predicted octanol–water partition coefficient (Wildman–Crippen LogP) is 1.50. The lowest BCUT2D eigenvalue weighted by Crippen LogP contribution is -2.44. The van der Waals surface area contributed by atoms with Gasteiger partial charge in [-0.05, 0) is 38.3 Å². The summed E-state index contributed by atoms with van der Waals surface area (Å²) in [4.78, 5) is 14.1. The van der Waals surface area contributed by atoms with Gasteiger partial charge in [-0.25, -0.2) is 4.79 Å². The van der Waals surface area contributed by atoms with Gasteiger partial charge in [0.05, 0.1) is 19.9 Å². The zero-order valence-corrected chi connectivity index (χ0v) is 12.3. The number of nitrogens with one attached hydrogen (secondary N) is 1. The number of hydrogen-bond donors (Lipinski definition) is 1. The molecule has 2 atom stereocenters. The monoisotopic (exact) mass is 278 g/mol. The summed E-state index contributed by atoms with van der Waals surface area (Å²) in [6.07, 6.45) is 1.56. The van der Waals surface area contributed by atoms with Gasteiger partial charge in [-0.2, -0.15) is 0 Å². The number of hydrogen-bond acceptors (Lipinski definition) is 5. The minimum Gasteiger partial charge on any atom is -0.467 e. The van der Waals surface area contributed by atoms with Gasteiger partial charge in [0.15, 0.2) is 0 Å². The lowest BCUT2D eigenvalue weighted by molar-refractivity contribution is 0.0592. The highest BCUT2D eigenvalue weighted by atomic mass is 16.5. The number of likely N-dealkylation sites (tertiary alicyclic amines) is 1. The average molecular weight is 278 g/mol. The van der Waals surface area contributed by atoms with E-state index in [1.165, 1.54) is 7.11 Å². The van der Waals surface area contributed by atoms with Gasteiger partial charge < -0.3 is 14.5 Å². The van der Waals surface area contributed by atoms with Crippen molar-refractivity contribution in [3.8, 4) is 0 Å². The normalized spacial score (nSPS) is 28.6. The molecule has 3 rings (SSSR count). The SMILES string of the molecule is COC(=O)c1ccoc1CN1CC2CNCC2C1(C)C. The molecule has 0 aromatic carbocycles. The van der Waals surface area contributed by atoms with Crippen molar-refractivity contribution < 1.29 is 13.9 Å². The van der Waals surface area contributed by atoms with Crippen LogP contribution in [-0.4, -0.2) is 43.2 Å². The largest absolute Gasteiger partial charge is 0.467 e. The Morgan fingerprint density at radius 1 is 1.55 bits per heavy atom. The molecule has 2 saturated heterocycles. The molecule has 1 aromatic rings. The Morgan fingerprint density at radius 3 is 3.05 bits per heavy atom. The summed E-state index contributed by atoms with van der Waals surface area (Å²) in [6, 6.07) is 1.69. The summed E-state index contributed by atoms with van der Waals surface area (Å²) in [5.41, 5.74) is 0.660. The molecule has 2 aliphatic rings. The van der Waals surface area contributed by atoms with Crippen LogP contribution in [0.2, 0.25) is 0 Å². The summed E-state index contributed by atoms with van der Waals surface area (Å²) >= 11 is 0. The third-order valence-corrected chi connectivity index (χ3v) is 5.00. The number of carbonyl (C=O) groups is 1. The van der Waals surface area contributed by atoms with Crippen molar-refractivity contribution in [3.63, 3.8) is 0 Å². The van der Waals surface area contributed by atoms with E-state index in [4.69, 9.17) is 9.15 Å². The number of esters is 1. The van der Waals surface area contributed by atoms with Crippen molar-refractivity contribution in [1.29, 1.82) is 0 Å². The first-order valence-corrected chi connectivity index (χ1v) is 7.14. The molecule has 0 radical (unpaired) electrons. The molecule has 0 spiro atoms. The van der Waals surface area contributed by atoms with Crippen LogP contribution < -0.4 is 5.32 Å². The Bertz CT molecular complexity index is 509. The van der Waals surface area contributed by atoms with Crippen LogP contribution in [0.1, 0.15) is 30.0 Å². The van der Waals surface area contributed by atoms with Gasteiger partial charge >= 0.3 is 5.97 Å². The van der Waals surface area contributed by atoms with Gasteiger partial charge in [-0.3, -0.25) is 4.90 Å². The molecular formula is C15H22N2O3. The number of fused-ring (bicyclic) bond motifs is 1. The molecule has 0 saturated carbocycles. The van der Waals surface area contributed by atoms with Crippen molar-refractivity contribution in [2.45, 2.75) is 25.9 Å². The average Bonchev–Trinajstić information content (AvgIpc) is 3.09. The maximum Gasteiger partial charge on any atom is 0.341 e. The summed E-state index contributed by atoms with van der Waals surface area (Å²) in [7, 11) is 1.40. The maximum atomic E-state index is 11.7. The van der Waals surface area contributed by atoms with Crippen molar-refractivity contribution in [2.75, 3.05) is 26.7 Å². The number of ether oxygens (including phenoxy) is 1. The highest BCUT2D eigenvalue weighted by Gasteiger charge is 2.49. The fourth-order valence-electron chi connectivity index (χ4n) is 3.70. The van der Waals surface area contributed by atoms with Crippen LogP contribution in [-0.2, 0) is 11.3 Å². The second kappa shape index (κ2) is 4.90. The molecule has 2 fully saturated rings. The van der Waals surface area contributed by atoms with E-state index in [1.54, 1.807) is 12.3 Å². The van der Waals surface area contributed by atoms with Crippen LogP contribution in [0.15, 0.2) is 16.7 Å². The first-order chi connectivity index (χ1) is 9.54. The van der Waals surface area contributed by atoms with E-state index >= 15 is 0 Å². The van der Waals surface area contributed by atoms with E-state index in [1.807, 2.05) is 0 Å². The fraction of sp³-hybridized carbons (Fsp3) is 0.667. The number of furan rings is 1. The molecule has 1 N–H and O–H groups in total. The van der Waals surface area contributed by atoms with E-state index in [0.717, 1.165) is 19.6 Å². The van der Waals surface area contributed by atoms with Crippen molar-refractivity contribution in [3.05, 3.63) is 23.7 Å². The van der Waals surface area contributed by atoms with Crippen LogP contribution in [0.4, 0.5) is 0 Å². The van der Waals surface area contributed by atoms with Gasteiger partial charge in [0, 0.05) is 18.6 Å². The topological polar surface area (TPSA) is 54.7 Å². The van der Waals surface area contributed by atoms with E-state index in [0.29, 0.717) is 29.7 Å². The van der Waals surface area contributed by atoms with E-state index in [-0.39, 0.29) is 11.5 Å². The standard InChI is InChI=1S/C15H22N2O3/c1-15(2)12-7-16-6-10(12)8-17(15)9-13-11(4-5-20-13)14(18)19-3/h4-5,10,12,16H,6-9H2,1-3H3. The smallest absolute Gasteiger partial charge is 0.341 e. The second-order valence-electron chi connectivity index (χ2n) is 6.31. The highest BCUT2D eigenvalue weighted by molar-refractivity contribution is 5.90. The zero-order chi connectivity index (χ0) is 14.3. The number of nitrogens with zero attached hydrogens (tertiary/aromatic N) is 1. The second-order valence-corrected chi connectivity index (χ2v) is 6.31. The third-order valence-electron chi connectivity index (χ3n) is 5.00. The fourth-order valence-corrected chi connectivity index (χ4v) is 3.70. The van der Waals surface area contributed by atoms with E-state index in [2.05, 4.69) is 24.1 Å². The Hall–Kier alpha value is -1.33. The molecule has 2 aliphatic heterocycles. The maximum absolute atomic E-state index is 11.7. The number of rotatable bonds is 3. The van der Waals surface area contributed by atoms with Gasteiger partial charge in [-0.1, -0.05) is 0 Å². The van der Waals surface area contributed by atoms with Crippen LogP contribution in [0.5, 0.6) is 0 Å². The summed E-state index contributed by atoms with van der Waals surface area (Å²) < 4.78 is 10.3. The summed E-state index contributed by atoms with van der Waals surface area (Å²) in [5, 5.41) is 3.47. The van der Waals surface area contributed by atoms with Gasteiger partial charge in [0.2, 0.25) is 0 Å². The van der Waals surface area contributed by atoms with Gasteiger partial charge in [0.1, 0.15) is 11.3 Å². The third kappa shape index (κ3) is 2.05. The lowest BCUT2D eigenvalue weighted by atomic mass is 9.85. The molecule has 5 nitrogen and oxygen atoms in total. The Kier molecular flexibility index (Phi) is 3.34. The summed E-state index contributed by atoms with van der Waals surface area (Å²) in [6.45, 7) is 8.45. The number of methoxy groups -OCH3 is 1. The molecule has 0 bridgehead atoms. The van der Waals surface area contributed by atoms with Crippen LogP contribution in [0.3, 0.4) is 0 Å². The van der Waals surface area contributed by atoms with Gasteiger partial charge in [-0.15, -0.1) is 0 Å². The molecule has 2 unspecified atom stereocenters. The Morgan fingerprint density at radius 2 is 2.35 bits per heavy atom. The van der Waals surface area contributed by atoms with Crippen LogP contribution >= 0.6 is 0 Å². The van der Waals surface area contributed by atoms with E-state index in [9.17, 15) is 4.79 Å². The van der Waals surface area contributed by atoms with Crippen LogP contribution in [0, 0.1) is 11.8 Å². The van der Waals surface area contributed by atoms with Crippen molar-refractivity contribution in [2.24, 2.45) is 11.8 Å². The van der Waals surface area contributed by atoms with Crippen LogP contribution in [0.25, 0.3) is 0 Å². The summed E-state index contributed by atoms with van der Waals surface area (Å²) in [5.74, 6) is 1.74. The lowest BCUT2D eigenvalue weighted by Gasteiger charge is -2.35. The van der Waals surface area contributed by atoms with Gasteiger partial charge in [0.25, 0.3) is 0 Å². The molecule has 1 aromatic heterocycles. The molecule has 20 heavy (non-hydrogen) atoms. The molecule has 3 heterocycles. The molecule has 110 valence electrons. The Balaban J connectivity index is 1.79. The highest BCUT2D eigenvalue weighted by Crippen LogP contribution is 2.41. The first kappa shape index (κ1) is 13.6. The minimum absolute atomic E-state index is 0.119. The number of carbonyl (C=O) groups excluding carboxylic acids is 1. The minimum atomic E-state index is -0.326. The van der Waals surface area contributed by atoms with Crippen molar-refractivity contribution in [1.82, 2.24) is 10.2 Å². The van der Waals surface area contributed by atoms with E-state index < -0.39 is 0 Å². The molecule has 0 aliphatic carbocycles. The molecular weight excluding hydrogens is 256 g/mol. The predicted molar refractivity (Wildman–Crippen MR) is 74.4 cm³/mol. The van der Waals surface area contributed by atoms with Crippen molar-refractivity contribution >= 4 is 5.97 Å². The molecule has 5 heteroatoms. The molecule has 0 amide bonds. The quantitative estimate of drug-likeness (QED) is 0.849. The zero-order valence-electron chi connectivity index (χ0n) is 12.3. The Labute approximate surface area is 119 Å².